The van der Waals surface area contributed by atoms with Gasteiger partial charge in [0.2, 0.25) is 0 Å². The van der Waals surface area contributed by atoms with Gasteiger partial charge in [0.25, 0.3) is 11.8 Å². The van der Waals surface area contributed by atoms with Crippen LogP contribution in [0.3, 0.4) is 0 Å². The number of amides is 2. The monoisotopic (exact) mass is 418 g/mol. The third kappa shape index (κ3) is 6.26. The number of methoxy groups -OCH3 is 2. The van der Waals surface area contributed by atoms with E-state index in [0.717, 1.165) is 19.3 Å². The molecule has 0 radical (unpaired) electrons. The molecule has 0 spiro atoms. The lowest BCUT2D eigenvalue weighted by molar-refractivity contribution is -0.124. The number of anilines is 1. The molecule has 0 atom stereocenters. The first-order valence-electron chi connectivity index (χ1n) is 9.54. The molecule has 9 nitrogen and oxygen atoms in total. The Bertz CT molecular complexity index is 862. The Labute approximate surface area is 174 Å². The first kappa shape index (κ1) is 22.8. The van der Waals surface area contributed by atoms with Gasteiger partial charge in [0.15, 0.2) is 23.9 Å². The number of esters is 1. The quantitative estimate of drug-likeness (QED) is 0.426. The lowest BCUT2D eigenvalue weighted by Crippen LogP contribution is -2.29. The Morgan fingerprint density at radius 1 is 1.07 bits per heavy atom. The van der Waals surface area contributed by atoms with Crippen LogP contribution in [0, 0.1) is 0 Å². The van der Waals surface area contributed by atoms with Gasteiger partial charge in [-0.1, -0.05) is 19.8 Å². The second kappa shape index (κ2) is 11.5. The Balaban J connectivity index is 2.14. The first-order chi connectivity index (χ1) is 14.5. The maximum absolute atomic E-state index is 12.6. The summed E-state index contributed by atoms with van der Waals surface area (Å²) in [5, 5.41) is 5.27. The van der Waals surface area contributed by atoms with Gasteiger partial charge in [-0.15, -0.1) is 0 Å². The van der Waals surface area contributed by atoms with Crippen LogP contribution in [-0.2, 0) is 9.53 Å². The zero-order valence-corrected chi connectivity index (χ0v) is 17.3. The summed E-state index contributed by atoms with van der Waals surface area (Å²) in [7, 11) is 2.84. The molecule has 1 heterocycles. The molecule has 0 aliphatic rings. The molecular formula is C21H26N2O7. The summed E-state index contributed by atoms with van der Waals surface area (Å²) in [4.78, 5) is 36.8. The number of carbonyl (C=O) groups is 3. The SMILES string of the molecule is CCCCCNC(=O)COC(=O)c1cc(OC)c(OC)cc1NC(=O)c1ccco1. The summed E-state index contributed by atoms with van der Waals surface area (Å²) >= 11 is 0. The van der Waals surface area contributed by atoms with Crippen LogP contribution in [0.5, 0.6) is 11.5 Å². The van der Waals surface area contributed by atoms with Gasteiger partial charge >= 0.3 is 5.97 Å². The number of unbranched alkanes of at least 4 members (excludes halogenated alkanes) is 2. The lowest BCUT2D eigenvalue weighted by Gasteiger charge is -2.15. The van der Waals surface area contributed by atoms with Crippen LogP contribution in [0.1, 0.15) is 47.1 Å². The molecule has 2 amide bonds. The van der Waals surface area contributed by atoms with Gasteiger partial charge in [-0.2, -0.15) is 0 Å². The summed E-state index contributed by atoms with van der Waals surface area (Å²) in [5.41, 5.74) is 0.133. The van der Waals surface area contributed by atoms with Crippen molar-refractivity contribution in [1.29, 1.82) is 0 Å². The molecule has 0 fully saturated rings. The van der Waals surface area contributed by atoms with Crippen LogP contribution in [0.25, 0.3) is 0 Å². The predicted octanol–water partition coefficient (Wildman–Crippen LogP) is 3.01. The van der Waals surface area contributed by atoms with Crippen molar-refractivity contribution in [3.63, 3.8) is 0 Å². The van der Waals surface area contributed by atoms with Crippen molar-refractivity contribution >= 4 is 23.5 Å². The van der Waals surface area contributed by atoms with E-state index in [-0.39, 0.29) is 22.8 Å². The average molecular weight is 418 g/mol. The molecular weight excluding hydrogens is 392 g/mol. The first-order valence-corrected chi connectivity index (χ1v) is 9.54. The van der Waals surface area contributed by atoms with Gasteiger partial charge in [-0.3, -0.25) is 9.59 Å². The second-order valence-corrected chi connectivity index (χ2v) is 6.32. The lowest BCUT2D eigenvalue weighted by atomic mass is 10.1. The minimum atomic E-state index is -0.797. The Morgan fingerprint density at radius 3 is 2.43 bits per heavy atom. The van der Waals surface area contributed by atoms with Gasteiger partial charge in [0, 0.05) is 18.7 Å². The zero-order chi connectivity index (χ0) is 21.9. The summed E-state index contributed by atoms with van der Waals surface area (Å²) in [6, 6.07) is 5.86. The van der Waals surface area contributed by atoms with Crippen LogP contribution >= 0.6 is 0 Å². The summed E-state index contributed by atoms with van der Waals surface area (Å²) in [5.74, 6) is -1.12. The van der Waals surface area contributed by atoms with Crippen molar-refractivity contribution in [2.45, 2.75) is 26.2 Å². The highest BCUT2D eigenvalue weighted by Crippen LogP contribution is 2.34. The van der Waals surface area contributed by atoms with E-state index in [1.807, 2.05) is 0 Å². The maximum atomic E-state index is 12.6. The highest BCUT2D eigenvalue weighted by atomic mass is 16.5. The molecule has 30 heavy (non-hydrogen) atoms. The van der Waals surface area contributed by atoms with Crippen LogP contribution < -0.4 is 20.1 Å². The minimum absolute atomic E-state index is 0.00587. The van der Waals surface area contributed by atoms with E-state index in [1.165, 1.54) is 38.7 Å². The molecule has 9 heteroatoms. The molecule has 2 aromatic rings. The fraction of sp³-hybridized carbons (Fsp3) is 0.381. The summed E-state index contributed by atoms with van der Waals surface area (Å²) in [6.45, 7) is 2.14. The number of hydrogen-bond donors (Lipinski definition) is 2. The Morgan fingerprint density at radius 2 is 1.80 bits per heavy atom. The van der Waals surface area contributed by atoms with Gasteiger partial charge in [-0.25, -0.2) is 4.79 Å². The van der Waals surface area contributed by atoms with Crippen LogP contribution in [-0.4, -0.2) is 45.2 Å². The molecule has 0 unspecified atom stereocenters. The molecule has 1 aromatic heterocycles. The maximum Gasteiger partial charge on any atom is 0.340 e. The van der Waals surface area contributed by atoms with Crippen LogP contribution in [0.2, 0.25) is 0 Å². The Kier molecular flexibility index (Phi) is 8.74. The average Bonchev–Trinajstić information content (AvgIpc) is 3.29. The smallest absolute Gasteiger partial charge is 0.340 e. The molecule has 2 N–H and O–H groups in total. The largest absolute Gasteiger partial charge is 0.493 e. The standard InChI is InChI=1S/C21H26N2O7/c1-4-5-6-9-22-19(24)13-30-21(26)14-11-17(27-2)18(28-3)12-15(14)23-20(25)16-8-7-10-29-16/h7-8,10-12H,4-6,9,13H2,1-3H3,(H,22,24)(H,23,25). The van der Waals surface area contributed by atoms with Gasteiger partial charge in [0.1, 0.15) is 0 Å². The van der Waals surface area contributed by atoms with E-state index in [9.17, 15) is 14.4 Å². The van der Waals surface area contributed by atoms with Crippen LogP contribution in [0.15, 0.2) is 34.9 Å². The van der Waals surface area contributed by atoms with Crippen molar-refractivity contribution in [3.05, 3.63) is 41.9 Å². The van der Waals surface area contributed by atoms with E-state index >= 15 is 0 Å². The normalized spacial score (nSPS) is 10.2. The third-order valence-electron chi connectivity index (χ3n) is 4.17. The van der Waals surface area contributed by atoms with Crippen molar-refractivity contribution in [2.75, 3.05) is 32.7 Å². The van der Waals surface area contributed by atoms with E-state index in [1.54, 1.807) is 6.07 Å². The number of ether oxygens (including phenoxy) is 3. The van der Waals surface area contributed by atoms with E-state index in [0.29, 0.717) is 12.3 Å². The number of nitrogens with one attached hydrogen (secondary N) is 2. The van der Waals surface area contributed by atoms with Crippen molar-refractivity contribution < 1.29 is 33.0 Å². The van der Waals surface area contributed by atoms with Crippen molar-refractivity contribution in [1.82, 2.24) is 5.32 Å². The van der Waals surface area contributed by atoms with Gasteiger partial charge in [0.05, 0.1) is 31.7 Å². The van der Waals surface area contributed by atoms with Gasteiger partial charge in [-0.05, 0) is 18.6 Å². The highest BCUT2D eigenvalue weighted by molar-refractivity contribution is 6.07. The molecule has 0 bridgehead atoms. The number of benzene rings is 1. The Hall–Kier alpha value is -3.49. The molecule has 0 aliphatic carbocycles. The number of furan rings is 1. The fourth-order valence-electron chi connectivity index (χ4n) is 2.61. The summed E-state index contributed by atoms with van der Waals surface area (Å²) in [6.07, 6.45) is 4.26. The number of rotatable bonds is 11. The van der Waals surface area contributed by atoms with E-state index in [4.69, 9.17) is 18.6 Å². The second-order valence-electron chi connectivity index (χ2n) is 6.32. The minimum Gasteiger partial charge on any atom is -0.493 e. The number of hydrogen-bond acceptors (Lipinski definition) is 7. The number of carbonyl (C=O) groups excluding carboxylic acids is 3. The fourth-order valence-corrected chi connectivity index (χ4v) is 2.61. The summed E-state index contributed by atoms with van der Waals surface area (Å²) < 4.78 is 20.6. The van der Waals surface area contributed by atoms with E-state index < -0.39 is 24.4 Å². The molecule has 1 aromatic carbocycles. The third-order valence-corrected chi connectivity index (χ3v) is 4.17. The molecule has 0 saturated carbocycles. The molecule has 2 rings (SSSR count). The topological polar surface area (TPSA) is 116 Å². The molecule has 162 valence electrons. The zero-order valence-electron chi connectivity index (χ0n) is 17.3. The molecule has 0 aliphatic heterocycles. The van der Waals surface area contributed by atoms with Gasteiger partial charge < -0.3 is 29.3 Å². The predicted molar refractivity (Wildman–Crippen MR) is 109 cm³/mol. The molecule has 0 saturated heterocycles. The highest BCUT2D eigenvalue weighted by Gasteiger charge is 2.21. The van der Waals surface area contributed by atoms with Crippen LogP contribution in [0.4, 0.5) is 5.69 Å². The van der Waals surface area contributed by atoms with Crippen molar-refractivity contribution in [2.24, 2.45) is 0 Å². The van der Waals surface area contributed by atoms with E-state index in [2.05, 4.69) is 17.6 Å². The van der Waals surface area contributed by atoms with Crippen molar-refractivity contribution in [3.8, 4) is 11.5 Å².